The molecular weight excluding hydrogens is 238 g/mol. The predicted octanol–water partition coefficient (Wildman–Crippen LogP) is 2.59. The Morgan fingerprint density at radius 3 is 2.76 bits per heavy atom. The third kappa shape index (κ3) is 2.72. The first-order valence-electron chi connectivity index (χ1n) is 5.81. The Morgan fingerprint density at radius 1 is 1.47 bits per heavy atom. The molecule has 3 nitrogen and oxygen atoms in total. The van der Waals surface area contributed by atoms with Gasteiger partial charge in [0.05, 0.1) is 17.7 Å². The smallest absolute Gasteiger partial charge is 0.255 e. The van der Waals surface area contributed by atoms with Crippen LogP contribution in [-0.2, 0) is 0 Å². The van der Waals surface area contributed by atoms with Gasteiger partial charge in [-0.25, -0.2) is 0 Å². The lowest BCUT2D eigenvalue weighted by molar-refractivity contribution is 0.0932. The van der Waals surface area contributed by atoms with Crippen LogP contribution >= 0.6 is 11.6 Å². The van der Waals surface area contributed by atoms with Crippen LogP contribution in [0.5, 0.6) is 5.75 Å². The summed E-state index contributed by atoms with van der Waals surface area (Å²) in [6, 6.07) is 7.26. The van der Waals surface area contributed by atoms with Crippen molar-refractivity contribution in [3.05, 3.63) is 29.8 Å². The van der Waals surface area contributed by atoms with Crippen LogP contribution in [-0.4, -0.2) is 23.9 Å². The maximum Gasteiger partial charge on any atom is 0.255 e. The second kappa shape index (κ2) is 4.96. The highest BCUT2D eigenvalue weighted by Gasteiger charge is 2.43. The lowest BCUT2D eigenvalue weighted by Gasteiger charge is -2.15. The molecule has 0 aromatic heterocycles. The van der Waals surface area contributed by atoms with E-state index in [4.69, 9.17) is 16.3 Å². The van der Waals surface area contributed by atoms with Crippen molar-refractivity contribution in [3.8, 4) is 5.75 Å². The SMILES string of the molecule is CCOc1ccccc1C(=O)NC1(CCl)CC1. The summed E-state index contributed by atoms with van der Waals surface area (Å²) in [4.78, 5) is 12.1. The highest BCUT2D eigenvalue weighted by molar-refractivity contribution is 6.19. The number of benzene rings is 1. The summed E-state index contributed by atoms with van der Waals surface area (Å²) >= 11 is 5.84. The summed E-state index contributed by atoms with van der Waals surface area (Å²) in [7, 11) is 0. The molecule has 0 aliphatic heterocycles. The van der Waals surface area contributed by atoms with Crippen LogP contribution in [0.1, 0.15) is 30.1 Å². The van der Waals surface area contributed by atoms with Crippen LogP contribution in [0.15, 0.2) is 24.3 Å². The van der Waals surface area contributed by atoms with Crippen LogP contribution in [0.2, 0.25) is 0 Å². The molecule has 0 radical (unpaired) electrons. The van der Waals surface area contributed by atoms with E-state index in [1.165, 1.54) is 0 Å². The molecule has 1 aliphatic rings. The zero-order chi connectivity index (χ0) is 12.3. The number of alkyl halides is 1. The average Bonchev–Trinajstić information content (AvgIpc) is 3.10. The van der Waals surface area contributed by atoms with Gasteiger partial charge in [-0.2, -0.15) is 0 Å². The van der Waals surface area contributed by atoms with Gasteiger partial charge in [0.25, 0.3) is 5.91 Å². The lowest BCUT2D eigenvalue weighted by atomic mass is 10.1. The van der Waals surface area contributed by atoms with E-state index in [1.54, 1.807) is 12.1 Å². The number of hydrogen-bond acceptors (Lipinski definition) is 2. The van der Waals surface area contributed by atoms with E-state index < -0.39 is 0 Å². The Kier molecular flexibility index (Phi) is 3.57. The molecule has 92 valence electrons. The molecule has 0 atom stereocenters. The van der Waals surface area contributed by atoms with Gasteiger partial charge in [0.1, 0.15) is 5.75 Å². The highest BCUT2D eigenvalue weighted by atomic mass is 35.5. The Morgan fingerprint density at radius 2 is 2.18 bits per heavy atom. The number of ether oxygens (including phenoxy) is 1. The fourth-order valence-corrected chi connectivity index (χ4v) is 2.02. The van der Waals surface area contributed by atoms with Crippen molar-refractivity contribution in [2.75, 3.05) is 12.5 Å². The molecular formula is C13H16ClNO2. The van der Waals surface area contributed by atoms with Crippen molar-refractivity contribution in [1.29, 1.82) is 0 Å². The highest BCUT2D eigenvalue weighted by Crippen LogP contribution is 2.37. The summed E-state index contributed by atoms with van der Waals surface area (Å²) in [5.41, 5.74) is 0.392. The Hall–Kier alpha value is -1.22. The molecule has 0 saturated heterocycles. The number of halogens is 1. The molecule has 4 heteroatoms. The van der Waals surface area contributed by atoms with E-state index in [0.29, 0.717) is 23.8 Å². The fourth-order valence-electron chi connectivity index (χ4n) is 1.69. The van der Waals surface area contributed by atoms with Crippen LogP contribution in [0.25, 0.3) is 0 Å². The zero-order valence-electron chi connectivity index (χ0n) is 9.83. The molecule has 17 heavy (non-hydrogen) atoms. The van der Waals surface area contributed by atoms with E-state index in [1.807, 2.05) is 19.1 Å². The maximum atomic E-state index is 12.1. The van der Waals surface area contributed by atoms with E-state index in [9.17, 15) is 4.79 Å². The molecule has 0 bridgehead atoms. The van der Waals surface area contributed by atoms with Gasteiger partial charge in [-0.05, 0) is 31.9 Å². The normalized spacial score (nSPS) is 16.4. The number of nitrogens with one attached hydrogen (secondary N) is 1. The predicted molar refractivity (Wildman–Crippen MR) is 67.8 cm³/mol. The molecule has 1 fully saturated rings. The van der Waals surface area contributed by atoms with Gasteiger partial charge in [0.2, 0.25) is 0 Å². The molecule has 1 saturated carbocycles. The minimum atomic E-state index is -0.183. The monoisotopic (exact) mass is 253 g/mol. The first-order valence-corrected chi connectivity index (χ1v) is 6.34. The summed E-state index contributed by atoms with van der Waals surface area (Å²) in [5.74, 6) is 0.986. The Labute approximate surface area is 106 Å². The summed E-state index contributed by atoms with van der Waals surface area (Å²) < 4.78 is 5.43. The number of amides is 1. The molecule has 1 aromatic rings. The summed E-state index contributed by atoms with van der Waals surface area (Å²) in [6.07, 6.45) is 1.91. The number of carbonyl (C=O) groups excluding carboxylic acids is 1. The first-order chi connectivity index (χ1) is 8.21. The van der Waals surface area contributed by atoms with Crippen LogP contribution in [0.4, 0.5) is 0 Å². The molecule has 2 rings (SSSR count). The average molecular weight is 254 g/mol. The lowest BCUT2D eigenvalue weighted by Crippen LogP contribution is -2.38. The van der Waals surface area contributed by atoms with Crippen LogP contribution in [0, 0.1) is 0 Å². The standard InChI is InChI=1S/C13H16ClNO2/c1-2-17-11-6-4-3-5-10(11)12(16)15-13(9-14)7-8-13/h3-6H,2,7-9H2,1H3,(H,15,16). The van der Waals surface area contributed by atoms with E-state index in [0.717, 1.165) is 12.8 Å². The van der Waals surface area contributed by atoms with Crippen molar-refractivity contribution in [3.63, 3.8) is 0 Å². The zero-order valence-corrected chi connectivity index (χ0v) is 10.6. The van der Waals surface area contributed by atoms with Gasteiger partial charge < -0.3 is 10.1 Å². The van der Waals surface area contributed by atoms with Gasteiger partial charge in [0.15, 0.2) is 0 Å². The van der Waals surface area contributed by atoms with E-state index in [2.05, 4.69) is 5.32 Å². The third-order valence-electron chi connectivity index (χ3n) is 2.92. The molecule has 0 unspecified atom stereocenters. The summed E-state index contributed by atoms with van der Waals surface area (Å²) in [6.45, 7) is 2.45. The maximum absolute atomic E-state index is 12.1. The number of para-hydroxylation sites is 1. The molecule has 1 aromatic carbocycles. The minimum Gasteiger partial charge on any atom is -0.493 e. The van der Waals surface area contributed by atoms with Gasteiger partial charge in [-0.3, -0.25) is 4.79 Å². The second-order valence-corrected chi connectivity index (χ2v) is 4.56. The first kappa shape index (κ1) is 12.2. The van der Waals surface area contributed by atoms with Gasteiger partial charge in [0, 0.05) is 5.88 Å². The minimum absolute atomic E-state index is 0.104. The number of carbonyl (C=O) groups is 1. The van der Waals surface area contributed by atoms with Crippen LogP contribution < -0.4 is 10.1 Å². The molecule has 1 N–H and O–H groups in total. The van der Waals surface area contributed by atoms with Crippen molar-refractivity contribution < 1.29 is 9.53 Å². The third-order valence-corrected chi connectivity index (χ3v) is 3.43. The topological polar surface area (TPSA) is 38.3 Å². The quantitative estimate of drug-likeness (QED) is 0.820. The van der Waals surface area contributed by atoms with Gasteiger partial charge in [-0.1, -0.05) is 12.1 Å². The van der Waals surface area contributed by atoms with Gasteiger partial charge in [-0.15, -0.1) is 11.6 Å². The van der Waals surface area contributed by atoms with E-state index in [-0.39, 0.29) is 11.4 Å². The Balaban J connectivity index is 2.13. The largest absolute Gasteiger partial charge is 0.493 e. The van der Waals surface area contributed by atoms with E-state index >= 15 is 0 Å². The van der Waals surface area contributed by atoms with Crippen molar-refractivity contribution in [1.82, 2.24) is 5.32 Å². The number of rotatable bonds is 5. The molecule has 1 aliphatic carbocycles. The molecule has 0 heterocycles. The fraction of sp³-hybridized carbons (Fsp3) is 0.462. The van der Waals surface area contributed by atoms with Crippen molar-refractivity contribution >= 4 is 17.5 Å². The van der Waals surface area contributed by atoms with Gasteiger partial charge >= 0.3 is 0 Å². The van der Waals surface area contributed by atoms with Crippen molar-refractivity contribution in [2.45, 2.75) is 25.3 Å². The Bertz CT molecular complexity index is 416. The molecule has 0 spiro atoms. The molecule has 1 amide bonds. The van der Waals surface area contributed by atoms with Crippen LogP contribution in [0.3, 0.4) is 0 Å². The second-order valence-electron chi connectivity index (χ2n) is 4.30. The van der Waals surface area contributed by atoms with Crippen molar-refractivity contribution in [2.24, 2.45) is 0 Å². The number of hydrogen-bond donors (Lipinski definition) is 1. The summed E-state index contributed by atoms with van der Waals surface area (Å²) in [5, 5.41) is 2.98.